The first-order valence-corrected chi connectivity index (χ1v) is 9.15. The lowest BCUT2D eigenvalue weighted by atomic mass is 10.1. The number of aryl methyl sites for hydroxylation is 1. The lowest BCUT2D eigenvalue weighted by Gasteiger charge is -2.04. The summed E-state index contributed by atoms with van der Waals surface area (Å²) in [5, 5.41) is 6.82. The van der Waals surface area contributed by atoms with Crippen LogP contribution in [0.5, 0.6) is 0 Å². The van der Waals surface area contributed by atoms with E-state index >= 15 is 0 Å². The normalized spacial score (nSPS) is 10.9. The van der Waals surface area contributed by atoms with Crippen LogP contribution >= 0.6 is 11.3 Å². The van der Waals surface area contributed by atoms with Crippen LogP contribution in [0.15, 0.2) is 40.9 Å². The molecule has 0 saturated carbocycles. The van der Waals surface area contributed by atoms with Crippen molar-refractivity contribution in [3.63, 3.8) is 0 Å². The number of ether oxygens (including phenoxy) is 1. The first-order chi connectivity index (χ1) is 13.4. The fraction of sp³-hybridized carbons (Fsp3) is 0.211. The molecule has 0 radical (unpaired) electrons. The second kappa shape index (κ2) is 8.30. The number of nitrogens with one attached hydrogen (secondary N) is 1. The van der Waals surface area contributed by atoms with Crippen LogP contribution in [0.4, 0.5) is 13.8 Å². The summed E-state index contributed by atoms with van der Waals surface area (Å²) in [5.41, 5.74) is 0.525. The van der Waals surface area contributed by atoms with E-state index in [9.17, 15) is 18.4 Å². The molecule has 0 bridgehead atoms. The second-order valence-corrected chi connectivity index (χ2v) is 6.81. The number of aromatic nitrogens is 1. The van der Waals surface area contributed by atoms with Gasteiger partial charge in [-0.1, -0.05) is 29.4 Å². The van der Waals surface area contributed by atoms with Gasteiger partial charge in [0, 0.05) is 10.4 Å². The van der Waals surface area contributed by atoms with Crippen molar-refractivity contribution in [3.8, 4) is 10.4 Å². The molecule has 0 unspecified atom stereocenters. The van der Waals surface area contributed by atoms with E-state index in [0.717, 1.165) is 10.4 Å². The van der Waals surface area contributed by atoms with Gasteiger partial charge in [-0.25, -0.2) is 13.6 Å². The van der Waals surface area contributed by atoms with Crippen LogP contribution in [-0.4, -0.2) is 23.6 Å². The Morgan fingerprint density at radius 1 is 1.21 bits per heavy atom. The van der Waals surface area contributed by atoms with Crippen molar-refractivity contribution < 1.29 is 27.6 Å². The van der Waals surface area contributed by atoms with Gasteiger partial charge in [-0.2, -0.15) is 0 Å². The molecule has 3 aromatic rings. The van der Waals surface area contributed by atoms with Gasteiger partial charge in [0.1, 0.15) is 11.3 Å². The van der Waals surface area contributed by atoms with E-state index in [4.69, 9.17) is 9.26 Å². The minimum Gasteiger partial charge on any atom is -0.461 e. The standard InChI is InChI=1S/C19H16F2N2O4S/c1-3-26-19(25)16-15(10(2)27-23-16)18(24)22-14-9-8-13(28-14)11-4-6-12(7-5-11)17(20)21/h4-9,17H,3H2,1-2H3,(H,22,24). The monoisotopic (exact) mass is 406 g/mol. The van der Waals surface area contributed by atoms with Crippen molar-refractivity contribution in [1.29, 1.82) is 0 Å². The van der Waals surface area contributed by atoms with Gasteiger partial charge in [0.2, 0.25) is 5.69 Å². The van der Waals surface area contributed by atoms with Crippen molar-refractivity contribution in [2.75, 3.05) is 11.9 Å². The van der Waals surface area contributed by atoms with Crippen molar-refractivity contribution in [1.82, 2.24) is 5.16 Å². The Hall–Kier alpha value is -3.07. The first kappa shape index (κ1) is 19.7. The highest BCUT2D eigenvalue weighted by Crippen LogP contribution is 2.33. The Morgan fingerprint density at radius 2 is 1.93 bits per heavy atom. The van der Waals surface area contributed by atoms with Gasteiger partial charge in [0.25, 0.3) is 12.3 Å². The molecular weight excluding hydrogens is 390 g/mol. The predicted molar refractivity (Wildman–Crippen MR) is 99.9 cm³/mol. The highest BCUT2D eigenvalue weighted by molar-refractivity contribution is 7.19. The molecular formula is C19H16F2N2O4S. The lowest BCUT2D eigenvalue weighted by Crippen LogP contribution is -2.17. The number of hydrogen-bond acceptors (Lipinski definition) is 6. The van der Waals surface area contributed by atoms with Crippen LogP contribution in [0, 0.1) is 6.92 Å². The Balaban J connectivity index is 1.78. The summed E-state index contributed by atoms with van der Waals surface area (Å²) in [6, 6.07) is 9.38. The van der Waals surface area contributed by atoms with Crippen LogP contribution in [0.25, 0.3) is 10.4 Å². The molecule has 0 atom stereocenters. The van der Waals surface area contributed by atoms with Crippen LogP contribution < -0.4 is 5.32 Å². The molecule has 2 aromatic heterocycles. The molecule has 0 fully saturated rings. The summed E-state index contributed by atoms with van der Waals surface area (Å²) in [7, 11) is 0. The third-order valence-electron chi connectivity index (χ3n) is 3.85. The van der Waals surface area contributed by atoms with Crippen molar-refractivity contribution in [3.05, 3.63) is 59.0 Å². The molecule has 2 heterocycles. The Morgan fingerprint density at radius 3 is 2.57 bits per heavy atom. The Bertz CT molecular complexity index is 996. The zero-order chi connectivity index (χ0) is 20.3. The summed E-state index contributed by atoms with van der Waals surface area (Å²) in [6.45, 7) is 3.31. The molecule has 0 spiro atoms. The van der Waals surface area contributed by atoms with Gasteiger partial charge < -0.3 is 14.6 Å². The number of nitrogens with zero attached hydrogens (tertiary/aromatic N) is 1. The van der Waals surface area contributed by atoms with Gasteiger partial charge in [-0.3, -0.25) is 4.79 Å². The SMILES string of the molecule is CCOC(=O)c1noc(C)c1C(=O)Nc1ccc(-c2ccc(C(F)F)cc2)s1. The molecule has 0 aliphatic heterocycles. The summed E-state index contributed by atoms with van der Waals surface area (Å²) >= 11 is 1.27. The zero-order valence-corrected chi connectivity index (χ0v) is 15.8. The van der Waals surface area contributed by atoms with Crippen LogP contribution in [0.3, 0.4) is 0 Å². The number of benzene rings is 1. The Kier molecular flexibility index (Phi) is 5.84. The molecule has 3 rings (SSSR count). The van der Waals surface area contributed by atoms with E-state index in [1.165, 1.54) is 30.4 Å². The molecule has 9 heteroatoms. The second-order valence-electron chi connectivity index (χ2n) is 5.72. The number of alkyl halides is 2. The Labute approximate surface area is 163 Å². The number of esters is 1. The molecule has 0 aliphatic rings. The molecule has 1 N–H and O–H groups in total. The maximum atomic E-state index is 12.7. The van der Waals surface area contributed by atoms with Crippen LogP contribution in [0.1, 0.15) is 45.5 Å². The van der Waals surface area contributed by atoms with Crippen molar-refractivity contribution >= 4 is 28.2 Å². The molecule has 28 heavy (non-hydrogen) atoms. The molecule has 1 amide bonds. The first-order valence-electron chi connectivity index (χ1n) is 8.33. The number of rotatable bonds is 6. The summed E-state index contributed by atoms with van der Waals surface area (Å²) < 4.78 is 35.2. The van der Waals surface area contributed by atoms with E-state index in [1.807, 2.05) is 0 Å². The number of hydrogen-bond donors (Lipinski definition) is 1. The molecule has 146 valence electrons. The minimum atomic E-state index is -2.52. The fourth-order valence-electron chi connectivity index (χ4n) is 2.51. The average molecular weight is 406 g/mol. The third kappa shape index (κ3) is 4.09. The number of amides is 1. The summed E-state index contributed by atoms with van der Waals surface area (Å²) in [4.78, 5) is 25.3. The topological polar surface area (TPSA) is 81.4 Å². The largest absolute Gasteiger partial charge is 0.461 e. The molecule has 1 aromatic carbocycles. The van der Waals surface area contributed by atoms with Gasteiger partial charge >= 0.3 is 5.97 Å². The summed E-state index contributed by atoms with van der Waals surface area (Å²) in [5.74, 6) is -1.10. The van der Waals surface area contributed by atoms with Crippen molar-refractivity contribution in [2.24, 2.45) is 0 Å². The van der Waals surface area contributed by atoms with E-state index in [1.54, 1.807) is 31.2 Å². The third-order valence-corrected chi connectivity index (χ3v) is 4.90. The van der Waals surface area contributed by atoms with Crippen molar-refractivity contribution in [2.45, 2.75) is 20.3 Å². The maximum absolute atomic E-state index is 12.7. The van der Waals surface area contributed by atoms with E-state index in [0.29, 0.717) is 5.00 Å². The predicted octanol–water partition coefficient (Wildman–Crippen LogP) is 5.08. The van der Waals surface area contributed by atoms with E-state index in [-0.39, 0.29) is 29.2 Å². The average Bonchev–Trinajstić information content (AvgIpc) is 3.28. The molecule has 0 aliphatic carbocycles. The van der Waals surface area contributed by atoms with Crippen LogP contribution in [0.2, 0.25) is 0 Å². The fourth-order valence-corrected chi connectivity index (χ4v) is 3.41. The summed E-state index contributed by atoms with van der Waals surface area (Å²) in [6.07, 6.45) is -2.52. The van der Waals surface area contributed by atoms with E-state index < -0.39 is 18.3 Å². The van der Waals surface area contributed by atoms with E-state index in [2.05, 4.69) is 10.5 Å². The highest BCUT2D eigenvalue weighted by atomic mass is 32.1. The number of carbonyl (C=O) groups is 2. The number of halogens is 2. The zero-order valence-electron chi connectivity index (χ0n) is 15.0. The van der Waals surface area contributed by atoms with Gasteiger partial charge in [0.15, 0.2) is 0 Å². The van der Waals surface area contributed by atoms with Crippen LogP contribution in [-0.2, 0) is 4.74 Å². The molecule has 6 nitrogen and oxygen atoms in total. The number of carbonyl (C=O) groups excluding carboxylic acids is 2. The highest BCUT2D eigenvalue weighted by Gasteiger charge is 2.26. The van der Waals surface area contributed by atoms with Gasteiger partial charge in [0.05, 0.1) is 11.6 Å². The maximum Gasteiger partial charge on any atom is 0.361 e. The van der Waals surface area contributed by atoms with Gasteiger partial charge in [-0.05, 0) is 31.5 Å². The molecule has 0 saturated heterocycles. The smallest absolute Gasteiger partial charge is 0.361 e. The minimum absolute atomic E-state index is 0.00897. The lowest BCUT2D eigenvalue weighted by molar-refractivity contribution is 0.0512. The number of anilines is 1. The number of thiophene rings is 1. The van der Waals surface area contributed by atoms with Gasteiger partial charge in [-0.15, -0.1) is 11.3 Å². The quantitative estimate of drug-likeness (QED) is 0.578.